The molecule has 0 unspecified atom stereocenters. The standard InChI is InChI=1S/C31H36FN3O4S/c1-23-12-6-7-15-25(23)21-34(30(36)22-35(40(2,38)39)28-19-11-10-18-27(28)32)29(20-24-13-4-3-5-14-24)31(37)33-26-16-8-9-17-26/h3-7,10-15,18-19,26,29H,8-9,16-17,20-22H2,1-2H3,(H,33,37)/t29-/m1/s1. The normalized spacial score (nSPS) is 14.5. The van der Waals surface area contributed by atoms with E-state index in [9.17, 15) is 22.4 Å². The summed E-state index contributed by atoms with van der Waals surface area (Å²) >= 11 is 0. The highest BCUT2D eigenvalue weighted by Gasteiger charge is 2.34. The molecule has 0 aromatic heterocycles. The van der Waals surface area contributed by atoms with Crippen LogP contribution in [0.3, 0.4) is 0 Å². The molecular formula is C31H36FN3O4S. The van der Waals surface area contributed by atoms with Crippen LogP contribution in [0.15, 0.2) is 78.9 Å². The molecule has 40 heavy (non-hydrogen) atoms. The van der Waals surface area contributed by atoms with Crippen LogP contribution in [-0.4, -0.2) is 50.0 Å². The quantitative estimate of drug-likeness (QED) is 0.368. The molecule has 1 aliphatic carbocycles. The molecular weight excluding hydrogens is 529 g/mol. The van der Waals surface area contributed by atoms with Gasteiger partial charge in [-0.05, 0) is 48.6 Å². The fourth-order valence-corrected chi connectivity index (χ4v) is 5.99. The number of nitrogens with zero attached hydrogens (tertiary/aromatic N) is 2. The summed E-state index contributed by atoms with van der Waals surface area (Å²) in [5, 5.41) is 3.13. The van der Waals surface area contributed by atoms with E-state index in [1.165, 1.54) is 23.1 Å². The lowest BCUT2D eigenvalue weighted by Crippen LogP contribution is -2.54. The lowest BCUT2D eigenvalue weighted by molar-refractivity contribution is -0.140. The Morgan fingerprint density at radius 3 is 2.23 bits per heavy atom. The molecule has 0 radical (unpaired) electrons. The molecule has 1 N–H and O–H groups in total. The predicted molar refractivity (Wildman–Crippen MR) is 155 cm³/mol. The molecule has 3 aromatic carbocycles. The van der Waals surface area contributed by atoms with Crippen LogP contribution >= 0.6 is 0 Å². The number of benzene rings is 3. The number of carbonyl (C=O) groups excluding carboxylic acids is 2. The van der Waals surface area contributed by atoms with Crippen LogP contribution in [0.5, 0.6) is 0 Å². The van der Waals surface area contributed by atoms with Crippen molar-refractivity contribution in [2.45, 2.75) is 57.7 Å². The Morgan fingerprint density at radius 2 is 1.57 bits per heavy atom. The van der Waals surface area contributed by atoms with Gasteiger partial charge in [0.05, 0.1) is 11.9 Å². The lowest BCUT2D eigenvalue weighted by atomic mass is 10.0. The van der Waals surface area contributed by atoms with Gasteiger partial charge in [0.1, 0.15) is 18.4 Å². The molecule has 0 saturated heterocycles. The van der Waals surface area contributed by atoms with Crippen molar-refractivity contribution >= 4 is 27.5 Å². The maximum atomic E-state index is 14.7. The Morgan fingerprint density at radius 1 is 0.950 bits per heavy atom. The first kappa shape index (κ1) is 29.3. The summed E-state index contributed by atoms with van der Waals surface area (Å²) in [6, 6.07) is 21.5. The number of hydrogen-bond acceptors (Lipinski definition) is 4. The number of amides is 2. The monoisotopic (exact) mass is 565 g/mol. The highest BCUT2D eigenvalue weighted by Crippen LogP contribution is 2.24. The number of para-hydroxylation sites is 1. The minimum absolute atomic E-state index is 0.0344. The van der Waals surface area contributed by atoms with Gasteiger partial charge in [-0.2, -0.15) is 0 Å². The van der Waals surface area contributed by atoms with Crippen molar-refractivity contribution in [3.05, 3.63) is 101 Å². The van der Waals surface area contributed by atoms with Crippen molar-refractivity contribution in [3.8, 4) is 0 Å². The third-order valence-electron chi connectivity index (χ3n) is 7.37. The Kier molecular flexibility index (Phi) is 9.58. The molecule has 1 fully saturated rings. The molecule has 1 atom stereocenters. The fourth-order valence-electron chi connectivity index (χ4n) is 5.14. The van der Waals surface area contributed by atoms with Crippen LogP contribution in [0.2, 0.25) is 0 Å². The Hall–Kier alpha value is -3.72. The highest BCUT2D eigenvalue weighted by atomic mass is 32.2. The molecule has 1 saturated carbocycles. The van der Waals surface area contributed by atoms with Crippen molar-refractivity contribution in [1.82, 2.24) is 10.2 Å². The largest absolute Gasteiger partial charge is 0.352 e. The van der Waals surface area contributed by atoms with Gasteiger partial charge < -0.3 is 10.2 Å². The first-order valence-electron chi connectivity index (χ1n) is 13.5. The number of aryl methyl sites for hydroxylation is 1. The Labute approximate surface area is 236 Å². The summed E-state index contributed by atoms with van der Waals surface area (Å²) in [6.07, 6.45) is 5.01. The summed E-state index contributed by atoms with van der Waals surface area (Å²) < 4.78 is 41.1. The molecule has 9 heteroatoms. The molecule has 2 amide bonds. The first-order valence-corrected chi connectivity index (χ1v) is 15.4. The number of rotatable bonds is 11. The van der Waals surface area contributed by atoms with Crippen LogP contribution in [0, 0.1) is 12.7 Å². The third-order valence-corrected chi connectivity index (χ3v) is 8.50. The molecule has 0 spiro atoms. The molecule has 0 heterocycles. The second-order valence-electron chi connectivity index (χ2n) is 10.4. The first-order chi connectivity index (χ1) is 19.1. The van der Waals surface area contributed by atoms with Gasteiger partial charge >= 0.3 is 0 Å². The van der Waals surface area contributed by atoms with E-state index in [2.05, 4.69) is 5.32 Å². The molecule has 7 nitrogen and oxygen atoms in total. The second kappa shape index (κ2) is 13.1. The number of carbonyl (C=O) groups is 2. The van der Waals surface area contributed by atoms with Gasteiger partial charge in [0.25, 0.3) is 0 Å². The van der Waals surface area contributed by atoms with Crippen molar-refractivity contribution in [2.75, 3.05) is 17.1 Å². The number of hydrogen-bond donors (Lipinski definition) is 1. The summed E-state index contributed by atoms with van der Waals surface area (Å²) in [5.41, 5.74) is 2.42. The Balaban J connectivity index is 1.74. The maximum absolute atomic E-state index is 14.7. The van der Waals surface area contributed by atoms with Gasteiger partial charge in [-0.3, -0.25) is 13.9 Å². The molecule has 3 aromatic rings. The minimum atomic E-state index is -4.03. The topological polar surface area (TPSA) is 86.8 Å². The molecule has 0 aliphatic heterocycles. The van der Waals surface area contributed by atoms with Crippen molar-refractivity contribution in [3.63, 3.8) is 0 Å². The van der Waals surface area contributed by atoms with Gasteiger partial charge in [0.2, 0.25) is 21.8 Å². The molecule has 4 rings (SSSR count). The van der Waals surface area contributed by atoms with Crippen molar-refractivity contribution in [1.29, 1.82) is 0 Å². The zero-order valence-electron chi connectivity index (χ0n) is 22.9. The molecule has 212 valence electrons. The van der Waals surface area contributed by atoms with E-state index < -0.39 is 34.3 Å². The van der Waals surface area contributed by atoms with Crippen molar-refractivity contribution < 1.29 is 22.4 Å². The van der Waals surface area contributed by atoms with Gasteiger partial charge in [0.15, 0.2) is 0 Å². The number of halogens is 1. The van der Waals surface area contributed by atoms with Crippen LogP contribution < -0.4 is 9.62 Å². The van der Waals surface area contributed by atoms with Gasteiger partial charge in [0, 0.05) is 19.0 Å². The zero-order valence-corrected chi connectivity index (χ0v) is 23.7. The van der Waals surface area contributed by atoms with Crippen LogP contribution in [0.25, 0.3) is 0 Å². The van der Waals surface area contributed by atoms with E-state index >= 15 is 0 Å². The van der Waals surface area contributed by atoms with Gasteiger partial charge in [-0.15, -0.1) is 0 Å². The van der Waals surface area contributed by atoms with E-state index in [0.29, 0.717) is 0 Å². The number of anilines is 1. The smallest absolute Gasteiger partial charge is 0.244 e. The van der Waals surface area contributed by atoms with Gasteiger partial charge in [-0.25, -0.2) is 12.8 Å². The average molecular weight is 566 g/mol. The summed E-state index contributed by atoms with van der Waals surface area (Å²) in [7, 11) is -4.03. The summed E-state index contributed by atoms with van der Waals surface area (Å²) in [5.74, 6) is -1.64. The predicted octanol–water partition coefficient (Wildman–Crippen LogP) is 4.60. The lowest BCUT2D eigenvalue weighted by Gasteiger charge is -2.34. The molecule has 0 bridgehead atoms. The summed E-state index contributed by atoms with van der Waals surface area (Å²) in [4.78, 5) is 29.4. The zero-order chi connectivity index (χ0) is 28.7. The van der Waals surface area contributed by atoms with E-state index in [1.54, 1.807) is 0 Å². The van der Waals surface area contributed by atoms with E-state index in [0.717, 1.165) is 59.0 Å². The third kappa shape index (κ3) is 7.47. The highest BCUT2D eigenvalue weighted by molar-refractivity contribution is 7.92. The number of nitrogens with one attached hydrogen (secondary N) is 1. The van der Waals surface area contributed by atoms with E-state index in [1.807, 2.05) is 61.5 Å². The summed E-state index contributed by atoms with van der Waals surface area (Å²) in [6.45, 7) is 1.37. The second-order valence-corrected chi connectivity index (χ2v) is 12.3. The van der Waals surface area contributed by atoms with Crippen LogP contribution in [0.1, 0.15) is 42.4 Å². The fraction of sp³-hybridized carbons (Fsp3) is 0.355. The Bertz CT molecular complexity index is 1430. The van der Waals surface area contributed by atoms with E-state index in [-0.39, 0.29) is 30.6 Å². The van der Waals surface area contributed by atoms with E-state index in [4.69, 9.17) is 0 Å². The van der Waals surface area contributed by atoms with Crippen LogP contribution in [-0.2, 0) is 32.6 Å². The SMILES string of the molecule is Cc1ccccc1CN(C(=O)CN(c1ccccc1F)S(C)(=O)=O)[C@H](Cc1ccccc1)C(=O)NC1CCCC1. The maximum Gasteiger partial charge on any atom is 0.244 e. The molecule has 1 aliphatic rings. The van der Waals surface area contributed by atoms with Crippen LogP contribution in [0.4, 0.5) is 10.1 Å². The minimum Gasteiger partial charge on any atom is -0.352 e. The van der Waals surface area contributed by atoms with Gasteiger partial charge in [-0.1, -0.05) is 79.6 Å². The number of sulfonamides is 1. The van der Waals surface area contributed by atoms with Crippen molar-refractivity contribution in [2.24, 2.45) is 0 Å². The average Bonchev–Trinajstić information content (AvgIpc) is 3.43.